The van der Waals surface area contributed by atoms with Crippen LogP contribution in [0.5, 0.6) is 0 Å². The van der Waals surface area contributed by atoms with Gasteiger partial charge in [-0.1, -0.05) is 0 Å². The number of likely N-dealkylation sites (tertiary alicyclic amines) is 1. The van der Waals surface area contributed by atoms with Crippen LogP contribution < -0.4 is 5.32 Å². The molecule has 3 nitrogen and oxygen atoms in total. The Kier molecular flexibility index (Phi) is 3.11. The molecule has 1 aromatic carbocycles. The molecular weight excluding hydrogens is 299 g/mol. The van der Waals surface area contributed by atoms with Gasteiger partial charge in [0.2, 0.25) is 0 Å². The number of hydrogen-bond acceptors (Lipinski definition) is 2. The van der Waals surface area contributed by atoms with Crippen LogP contribution in [0.25, 0.3) is 0 Å². The first-order valence-corrected chi connectivity index (χ1v) is 6.89. The molecule has 0 spiro atoms. The molecule has 0 aliphatic carbocycles. The Hall–Kier alpha value is -0.940. The zero-order chi connectivity index (χ0) is 12.7. The van der Waals surface area contributed by atoms with E-state index in [1.807, 2.05) is 4.90 Å². The van der Waals surface area contributed by atoms with Gasteiger partial charge in [-0.15, -0.1) is 0 Å². The van der Waals surface area contributed by atoms with Gasteiger partial charge >= 0.3 is 0 Å². The summed E-state index contributed by atoms with van der Waals surface area (Å²) in [5, 5.41) is 3.34. The molecular formula is C13H14BrFN2O. The molecule has 2 heterocycles. The minimum absolute atomic E-state index is 0.0734. The maximum absolute atomic E-state index is 13.2. The molecule has 1 N–H and O–H groups in total. The summed E-state index contributed by atoms with van der Waals surface area (Å²) in [5.41, 5.74) is 0.419. The monoisotopic (exact) mass is 312 g/mol. The molecule has 3 rings (SSSR count). The van der Waals surface area contributed by atoms with Crippen LogP contribution in [0.2, 0.25) is 0 Å². The molecule has 18 heavy (non-hydrogen) atoms. The highest BCUT2D eigenvalue weighted by Gasteiger charge is 2.38. The smallest absolute Gasteiger partial charge is 0.255 e. The Bertz CT molecular complexity index is 482. The lowest BCUT2D eigenvalue weighted by Crippen LogP contribution is -2.32. The number of hydrogen-bond donors (Lipinski definition) is 1. The van der Waals surface area contributed by atoms with E-state index in [0.717, 1.165) is 26.2 Å². The van der Waals surface area contributed by atoms with E-state index in [9.17, 15) is 9.18 Å². The van der Waals surface area contributed by atoms with E-state index >= 15 is 0 Å². The van der Waals surface area contributed by atoms with E-state index in [1.54, 1.807) is 6.07 Å². The van der Waals surface area contributed by atoms with Crippen LogP contribution in [0.4, 0.5) is 4.39 Å². The van der Waals surface area contributed by atoms with E-state index in [4.69, 9.17) is 0 Å². The van der Waals surface area contributed by atoms with E-state index in [0.29, 0.717) is 21.9 Å². The molecule has 2 aliphatic heterocycles. The quantitative estimate of drug-likeness (QED) is 0.859. The largest absolute Gasteiger partial charge is 0.338 e. The standard InChI is InChI=1S/C13H14BrFN2O/c14-12-2-1-10(15)3-11(12)13(18)17-6-8-4-16-5-9(8)7-17/h1-3,8-9,16H,4-7H2/t8-,9+. The number of benzene rings is 1. The maximum Gasteiger partial charge on any atom is 0.255 e. The topological polar surface area (TPSA) is 32.3 Å². The molecule has 2 atom stereocenters. The summed E-state index contributed by atoms with van der Waals surface area (Å²) in [6, 6.07) is 4.24. The second-order valence-corrected chi connectivity index (χ2v) is 5.87. The molecule has 0 radical (unpaired) electrons. The third kappa shape index (κ3) is 2.06. The molecule has 5 heteroatoms. The Morgan fingerprint density at radius 2 is 2.00 bits per heavy atom. The van der Waals surface area contributed by atoms with Crippen molar-refractivity contribution in [3.8, 4) is 0 Å². The van der Waals surface area contributed by atoms with Crippen molar-refractivity contribution in [2.75, 3.05) is 26.2 Å². The maximum atomic E-state index is 13.2. The van der Waals surface area contributed by atoms with Crippen molar-refractivity contribution in [2.24, 2.45) is 11.8 Å². The fraction of sp³-hybridized carbons (Fsp3) is 0.462. The van der Waals surface area contributed by atoms with Crippen LogP contribution >= 0.6 is 15.9 Å². The van der Waals surface area contributed by atoms with Gasteiger partial charge in [0, 0.05) is 30.7 Å². The summed E-state index contributed by atoms with van der Waals surface area (Å²) in [7, 11) is 0. The Balaban J connectivity index is 1.81. The van der Waals surface area contributed by atoms with Crippen LogP contribution in [0.1, 0.15) is 10.4 Å². The summed E-state index contributed by atoms with van der Waals surface area (Å²) in [4.78, 5) is 14.2. The van der Waals surface area contributed by atoms with Gasteiger partial charge in [0.05, 0.1) is 5.56 Å². The van der Waals surface area contributed by atoms with Crippen molar-refractivity contribution in [3.63, 3.8) is 0 Å². The van der Waals surface area contributed by atoms with Gasteiger partial charge in [-0.2, -0.15) is 0 Å². The SMILES string of the molecule is O=C(c1cc(F)ccc1Br)N1C[C@H]2CNC[C@H]2C1. The summed E-state index contributed by atoms with van der Waals surface area (Å²) >= 11 is 3.31. The van der Waals surface area contributed by atoms with Gasteiger partial charge in [-0.3, -0.25) is 4.79 Å². The van der Waals surface area contributed by atoms with Gasteiger partial charge in [0.25, 0.3) is 5.91 Å². The minimum Gasteiger partial charge on any atom is -0.338 e. The van der Waals surface area contributed by atoms with Crippen LogP contribution in [0, 0.1) is 17.7 Å². The summed E-state index contributed by atoms with van der Waals surface area (Å²) in [5.74, 6) is 0.668. The number of nitrogens with one attached hydrogen (secondary N) is 1. The number of amides is 1. The molecule has 2 fully saturated rings. The highest BCUT2D eigenvalue weighted by Crippen LogP contribution is 2.29. The third-order valence-electron chi connectivity index (χ3n) is 3.84. The van der Waals surface area contributed by atoms with Crippen molar-refractivity contribution in [3.05, 3.63) is 34.1 Å². The fourth-order valence-electron chi connectivity index (χ4n) is 2.85. The molecule has 2 aliphatic rings. The van der Waals surface area contributed by atoms with Crippen LogP contribution in [-0.2, 0) is 0 Å². The van der Waals surface area contributed by atoms with Crippen LogP contribution in [0.3, 0.4) is 0 Å². The van der Waals surface area contributed by atoms with E-state index in [2.05, 4.69) is 21.2 Å². The van der Waals surface area contributed by atoms with Gasteiger partial charge in [0.15, 0.2) is 0 Å². The number of halogens is 2. The molecule has 1 amide bonds. The second-order valence-electron chi connectivity index (χ2n) is 5.01. The lowest BCUT2D eigenvalue weighted by Gasteiger charge is -2.18. The normalized spacial score (nSPS) is 26.4. The summed E-state index contributed by atoms with van der Waals surface area (Å²) in [6.07, 6.45) is 0. The van der Waals surface area contributed by atoms with E-state index < -0.39 is 0 Å². The van der Waals surface area contributed by atoms with E-state index in [1.165, 1.54) is 12.1 Å². The number of carbonyl (C=O) groups is 1. The van der Waals surface area contributed by atoms with Gasteiger partial charge < -0.3 is 10.2 Å². The predicted molar refractivity (Wildman–Crippen MR) is 69.9 cm³/mol. The first-order valence-electron chi connectivity index (χ1n) is 6.10. The molecule has 0 unspecified atom stereocenters. The van der Waals surface area contributed by atoms with Crippen LogP contribution in [0.15, 0.2) is 22.7 Å². The molecule has 0 aromatic heterocycles. The van der Waals surface area contributed by atoms with Crippen LogP contribution in [-0.4, -0.2) is 37.0 Å². The minimum atomic E-state index is -0.373. The Morgan fingerprint density at radius 3 is 2.67 bits per heavy atom. The van der Waals surface area contributed by atoms with Crippen molar-refractivity contribution < 1.29 is 9.18 Å². The average molecular weight is 313 g/mol. The zero-order valence-electron chi connectivity index (χ0n) is 9.83. The van der Waals surface area contributed by atoms with Crippen molar-refractivity contribution in [1.29, 1.82) is 0 Å². The van der Waals surface area contributed by atoms with Crippen molar-refractivity contribution in [2.45, 2.75) is 0 Å². The average Bonchev–Trinajstić information content (AvgIpc) is 2.91. The first kappa shape index (κ1) is 12.1. The van der Waals surface area contributed by atoms with Crippen molar-refractivity contribution >= 4 is 21.8 Å². The van der Waals surface area contributed by atoms with Gasteiger partial charge in [-0.05, 0) is 46.0 Å². The molecule has 96 valence electrons. The first-order chi connectivity index (χ1) is 8.65. The summed E-state index contributed by atoms with van der Waals surface area (Å²) in [6.45, 7) is 3.52. The number of rotatable bonds is 1. The fourth-order valence-corrected chi connectivity index (χ4v) is 3.27. The number of carbonyl (C=O) groups excluding carboxylic acids is 1. The third-order valence-corrected chi connectivity index (χ3v) is 4.53. The summed E-state index contributed by atoms with van der Waals surface area (Å²) < 4.78 is 13.9. The Morgan fingerprint density at radius 1 is 1.33 bits per heavy atom. The lowest BCUT2D eigenvalue weighted by atomic mass is 10.0. The molecule has 1 aromatic rings. The van der Waals surface area contributed by atoms with Gasteiger partial charge in [-0.25, -0.2) is 4.39 Å². The molecule has 2 saturated heterocycles. The lowest BCUT2D eigenvalue weighted by molar-refractivity contribution is 0.0780. The number of nitrogens with zero attached hydrogens (tertiary/aromatic N) is 1. The van der Waals surface area contributed by atoms with Gasteiger partial charge in [0.1, 0.15) is 5.82 Å². The number of fused-ring (bicyclic) bond motifs is 1. The zero-order valence-corrected chi connectivity index (χ0v) is 11.4. The predicted octanol–water partition coefficient (Wildman–Crippen LogP) is 1.88. The second kappa shape index (κ2) is 4.63. The molecule has 0 saturated carbocycles. The van der Waals surface area contributed by atoms with E-state index in [-0.39, 0.29) is 11.7 Å². The van der Waals surface area contributed by atoms with Crippen molar-refractivity contribution in [1.82, 2.24) is 10.2 Å². The highest BCUT2D eigenvalue weighted by atomic mass is 79.9. The molecule has 0 bridgehead atoms. The highest BCUT2D eigenvalue weighted by molar-refractivity contribution is 9.10. The Labute approximate surface area is 113 Å².